The van der Waals surface area contributed by atoms with Gasteiger partial charge in [-0.3, -0.25) is 14.3 Å². The Morgan fingerprint density at radius 3 is 2.38 bits per heavy atom. The van der Waals surface area contributed by atoms with Crippen LogP contribution in [0, 0.1) is 5.92 Å². The number of aromatic nitrogens is 2. The largest absolute Gasteiger partial charge is 0.496 e. The minimum atomic E-state index is -0.583. The third-order valence-corrected chi connectivity index (χ3v) is 7.25. The van der Waals surface area contributed by atoms with E-state index in [9.17, 15) is 14.7 Å². The van der Waals surface area contributed by atoms with E-state index in [4.69, 9.17) is 9.47 Å². The highest BCUT2D eigenvalue weighted by Gasteiger charge is 2.25. The number of carbonyl (C=O) groups is 2. The van der Waals surface area contributed by atoms with Crippen LogP contribution in [0.25, 0.3) is 11.3 Å². The Hall–Kier alpha value is -3.11. The first kappa shape index (κ1) is 31.4. The standard InChI is InChI=1S/C30H47N5O5/c1-6-23(36)19-31-28(37)17-22(13-16-34-14-8-7-9-15-34)32-30(38)24-18-25(35(33-24)20-21(2)3)29-26(39-4)11-10-12-27(29)40-5/h10-12,18,21-23,36H,6-9,13-17,19-20H2,1-5H3,(H,31,37)(H,32,38). The van der Waals surface area contributed by atoms with E-state index in [1.807, 2.05) is 29.8 Å². The topological polar surface area (TPSA) is 118 Å². The quantitative estimate of drug-likeness (QED) is 0.307. The number of benzene rings is 1. The fourth-order valence-electron chi connectivity index (χ4n) is 5.00. The Morgan fingerprint density at radius 1 is 1.10 bits per heavy atom. The summed E-state index contributed by atoms with van der Waals surface area (Å²) in [6, 6.07) is 6.96. The van der Waals surface area contributed by atoms with Crippen molar-refractivity contribution in [2.75, 3.05) is 40.4 Å². The van der Waals surface area contributed by atoms with Gasteiger partial charge in [0, 0.05) is 32.1 Å². The Kier molecular flexibility index (Phi) is 12.3. The molecule has 0 spiro atoms. The summed E-state index contributed by atoms with van der Waals surface area (Å²) in [7, 11) is 3.21. The van der Waals surface area contributed by atoms with E-state index in [1.165, 1.54) is 19.3 Å². The number of methoxy groups -OCH3 is 2. The van der Waals surface area contributed by atoms with Crippen molar-refractivity contribution in [3.05, 3.63) is 30.0 Å². The number of hydrogen-bond acceptors (Lipinski definition) is 7. The number of nitrogens with zero attached hydrogens (tertiary/aromatic N) is 3. The molecule has 1 aliphatic rings. The lowest BCUT2D eigenvalue weighted by Gasteiger charge is -2.28. The van der Waals surface area contributed by atoms with Crippen LogP contribution >= 0.6 is 0 Å². The monoisotopic (exact) mass is 557 g/mol. The Balaban J connectivity index is 1.83. The molecule has 1 aromatic heterocycles. The predicted molar refractivity (Wildman–Crippen MR) is 156 cm³/mol. The second-order valence-corrected chi connectivity index (χ2v) is 11.0. The van der Waals surface area contributed by atoms with E-state index in [0.29, 0.717) is 30.9 Å². The molecule has 2 amide bonds. The molecule has 40 heavy (non-hydrogen) atoms. The fourth-order valence-corrected chi connectivity index (χ4v) is 5.00. The number of ether oxygens (including phenoxy) is 2. The third kappa shape index (κ3) is 8.96. The maximum absolute atomic E-state index is 13.6. The summed E-state index contributed by atoms with van der Waals surface area (Å²) < 4.78 is 13.1. The van der Waals surface area contributed by atoms with Gasteiger partial charge in [0.15, 0.2) is 5.69 Å². The van der Waals surface area contributed by atoms with Gasteiger partial charge >= 0.3 is 0 Å². The van der Waals surface area contributed by atoms with Crippen molar-refractivity contribution in [1.29, 1.82) is 0 Å². The molecule has 1 aliphatic heterocycles. The van der Waals surface area contributed by atoms with Crippen molar-refractivity contribution >= 4 is 11.8 Å². The number of hydrogen-bond donors (Lipinski definition) is 3. The van der Waals surface area contributed by atoms with Gasteiger partial charge in [-0.1, -0.05) is 33.3 Å². The van der Waals surface area contributed by atoms with Crippen LogP contribution in [-0.2, 0) is 11.3 Å². The van der Waals surface area contributed by atoms with Crippen LogP contribution in [0.3, 0.4) is 0 Å². The van der Waals surface area contributed by atoms with Crippen LogP contribution in [0.5, 0.6) is 11.5 Å². The lowest BCUT2D eigenvalue weighted by atomic mass is 10.1. The number of nitrogens with one attached hydrogen (secondary N) is 2. The van der Waals surface area contributed by atoms with Gasteiger partial charge in [0.1, 0.15) is 11.5 Å². The van der Waals surface area contributed by atoms with Crippen LogP contribution in [0.15, 0.2) is 24.3 Å². The van der Waals surface area contributed by atoms with Crippen molar-refractivity contribution in [2.45, 2.75) is 78.0 Å². The first-order valence-electron chi connectivity index (χ1n) is 14.5. The highest BCUT2D eigenvalue weighted by Crippen LogP contribution is 2.38. The van der Waals surface area contributed by atoms with Gasteiger partial charge in [0.05, 0.1) is 31.6 Å². The second-order valence-electron chi connectivity index (χ2n) is 11.0. The molecular weight excluding hydrogens is 510 g/mol. The van der Waals surface area contributed by atoms with E-state index >= 15 is 0 Å². The van der Waals surface area contributed by atoms with Gasteiger partial charge in [-0.05, 0) is 62.9 Å². The lowest BCUT2D eigenvalue weighted by molar-refractivity contribution is -0.122. The first-order valence-corrected chi connectivity index (χ1v) is 14.5. The van der Waals surface area contributed by atoms with Crippen LogP contribution in [0.4, 0.5) is 0 Å². The van der Waals surface area contributed by atoms with Crippen LogP contribution in [0.2, 0.25) is 0 Å². The number of likely N-dealkylation sites (tertiary alicyclic amines) is 1. The summed E-state index contributed by atoms with van der Waals surface area (Å²) in [4.78, 5) is 28.7. The minimum Gasteiger partial charge on any atom is -0.496 e. The average molecular weight is 558 g/mol. The predicted octanol–water partition coefficient (Wildman–Crippen LogP) is 3.47. The van der Waals surface area contributed by atoms with Gasteiger partial charge in [-0.2, -0.15) is 5.10 Å². The van der Waals surface area contributed by atoms with Crippen molar-refractivity contribution in [1.82, 2.24) is 25.3 Å². The summed E-state index contributed by atoms with van der Waals surface area (Å²) in [5, 5.41) is 20.4. The lowest BCUT2D eigenvalue weighted by Crippen LogP contribution is -2.43. The van der Waals surface area contributed by atoms with Gasteiger partial charge in [-0.15, -0.1) is 0 Å². The second kappa shape index (κ2) is 15.6. The van der Waals surface area contributed by atoms with E-state index in [2.05, 4.69) is 34.5 Å². The Morgan fingerprint density at radius 2 is 1.77 bits per heavy atom. The zero-order valence-corrected chi connectivity index (χ0v) is 24.7. The highest BCUT2D eigenvalue weighted by molar-refractivity contribution is 5.94. The minimum absolute atomic E-state index is 0.135. The van der Waals surface area contributed by atoms with E-state index in [-0.39, 0.29) is 42.4 Å². The summed E-state index contributed by atoms with van der Waals surface area (Å²) in [5.74, 6) is 1.02. The van der Waals surface area contributed by atoms with E-state index in [0.717, 1.165) is 30.9 Å². The van der Waals surface area contributed by atoms with Gasteiger partial charge in [0.25, 0.3) is 5.91 Å². The SMILES string of the molecule is CCC(O)CNC(=O)CC(CCN1CCCCC1)NC(=O)c1cc(-c2c(OC)cccc2OC)n(CC(C)C)n1. The number of rotatable bonds is 15. The van der Waals surface area contributed by atoms with Gasteiger partial charge < -0.3 is 30.1 Å². The molecule has 0 bridgehead atoms. The van der Waals surface area contributed by atoms with Crippen molar-refractivity contribution in [3.63, 3.8) is 0 Å². The van der Waals surface area contributed by atoms with Crippen molar-refractivity contribution in [3.8, 4) is 22.8 Å². The maximum atomic E-state index is 13.6. The molecule has 222 valence electrons. The summed E-state index contributed by atoms with van der Waals surface area (Å²) in [6.45, 7) is 9.74. The van der Waals surface area contributed by atoms with Crippen molar-refractivity contribution in [2.24, 2.45) is 5.92 Å². The fraction of sp³-hybridized carbons (Fsp3) is 0.633. The summed E-state index contributed by atoms with van der Waals surface area (Å²) in [6.07, 6.45) is 4.36. The summed E-state index contributed by atoms with van der Waals surface area (Å²) in [5.41, 5.74) is 1.73. The van der Waals surface area contributed by atoms with E-state index in [1.54, 1.807) is 20.3 Å². The Labute approximate surface area is 238 Å². The zero-order valence-electron chi connectivity index (χ0n) is 24.7. The molecule has 3 N–H and O–H groups in total. The maximum Gasteiger partial charge on any atom is 0.272 e. The molecule has 10 nitrogen and oxygen atoms in total. The number of amides is 2. The first-order chi connectivity index (χ1) is 19.2. The molecular formula is C30H47N5O5. The number of aliphatic hydroxyl groups is 1. The molecule has 0 saturated carbocycles. The third-order valence-electron chi connectivity index (χ3n) is 7.25. The Bertz CT molecular complexity index is 1070. The molecule has 2 unspecified atom stereocenters. The summed E-state index contributed by atoms with van der Waals surface area (Å²) >= 11 is 0. The van der Waals surface area contributed by atoms with Crippen LogP contribution < -0.4 is 20.1 Å². The zero-order chi connectivity index (χ0) is 29.1. The molecule has 3 rings (SSSR count). The average Bonchev–Trinajstić information content (AvgIpc) is 3.37. The molecule has 10 heteroatoms. The van der Waals surface area contributed by atoms with Crippen LogP contribution in [-0.4, -0.2) is 84.1 Å². The molecule has 2 heterocycles. The normalized spacial score (nSPS) is 15.5. The molecule has 1 saturated heterocycles. The molecule has 2 aromatic rings. The van der Waals surface area contributed by atoms with E-state index < -0.39 is 6.10 Å². The van der Waals surface area contributed by atoms with Gasteiger partial charge in [0.2, 0.25) is 5.91 Å². The molecule has 1 fully saturated rings. The number of carbonyl (C=O) groups excluding carboxylic acids is 2. The molecule has 1 aromatic carbocycles. The van der Waals surface area contributed by atoms with Crippen LogP contribution in [0.1, 0.15) is 69.8 Å². The van der Waals surface area contributed by atoms with Gasteiger partial charge in [-0.25, -0.2) is 0 Å². The molecule has 0 aliphatic carbocycles. The number of aliphatic hydroxyl groups excluding tert-OH is 1. The molecule has 0 radical (unpaired) electrons. The van der Waals surface area contributed by atoms with Crippen molar-refractivity contribution < 1.29 is 24.2 Å². The number of piperidine rings is 1. The highest BCUT2D eigenvalue weighted by atomic mass is 16.5. The molecule has 2 atom stereocenters. The smallest absolute Gasteiger partial charge is 0.272 e.